The van der Waals surface area contributed by atoms with Crippen molar-refractivity contribution in [2.75, 3.05) is 11.6 Å². The summed E-state index contributed by atoms with van der Waals surface area (Å²) in [6.07, 6.45) is 8.48. The molecular weight excluding hydrogens is 294 g/mol. The third-order valence-corrected chi connectivity index (χ3v) is 3.68. The van der Waals surface area contributed by atoms with Crippen LogP contribution in [0.3, 0.4) is 0 Å². The van der Waals surface area contributed by atoms with Crippen LogP contribution in [0.4, 0.5) is 5.69 Å². The van der Waals surface area contributed by atoms with E-state index in [0.29, 0.717) is 11.1 Å². The number of rotatable bonds is 5. The Morgan fingerprint density at radius 2 is 1.82 bits per heavy atom. The highest BCUT2D eigenvalue weighted by Crippen LogP contribution is 2.17. The standard InChI is InChI=1S/C17H19N3OS/c1-12(2)14-5-7-15(8-6-14)20-16(21)9-4-13-10-18-17(22-3)19-11-13/h4-12H,1-3H3,(H,20,21). The van der Waals surface area contributed by atoms with Crippen molar-refractivity contribution in [2.45, 2.75) is 24.9 Å². The first-order chi connectivity index (χ1) is 10.6. The maximum absolute atomic E-state index is 11.9. The number of benzene rings is 1. The summed E-state index contributed by atoms with van der Waals surface area (Å²) in [5.41, 5.74) is 2.83. The predicted octanol–water partition coefficient (Wildman–Crippen LogP) is 3.97. The quantitative estimate of drug-likeness (QED) is 0.515. The molecule has 4 nitrogen and oxygen atoms in total. The van der Waals surface area contributed by atoms with Gasteiger partial charge in [0, 0.05) is 29.7 Å². The van der Waals surface area contributed by atoms with Gasteiger partial charge >= 0.3 is 0 Å². The second-order valence-corrected chi connectivity index (χ2v) is 5.88. The Bertz CT molecular complexity index is 649. The highest BCUT2D eigenvalue weighted by atomic mass is 32.2. The summed E-state index contributed by atoms with van der Waals surface area (Å²) in [5, 5.41) is 3.54. The lowest BCUT2D eigenvalue weighted by Gasteiger charge is -2.07. The average molecular weight is 313 g/mol. The summed E-state index contributed by atoms with van der Waals surface area (Å²) in [5.74, 6) is 0.306. The van der Waals surface area contributed by atoms with E-state index in [9.17, 15) is 4.79 Å². The van der Waals surface area contributed by atoms with Crippen molar-refractivity contribution in [2.24, 2.45) is 0 Å². The van der Waals surface area contributed by atoms with Gasteiger partial charge in [-0.15, -0.1) is 0 Å². The van der Waals surface area contributed by atoms with Gasteiger partial charge in [0.25, 0.3) is 0 Å². The van der Waals surface area contributed by atoms with Crippen molar-refractivity contribution in [3.05, 3.63) is 53.9 Å². The van der Waals surface area contributed by atoms with Gasteiger partial charge in [0.2, 0.25) is 5.91 Å². The molecule has 2 rings (SSSR count). The second kappa shape index (κ2) is 7.75. The summed E-state index contributed by atoms with van der Waals surface area (Å²) < 4.78 is 0. The van der Waals surface area contributed by atoms with E-state index in [1.54, 1.807) is 18.5 Å². The normalized spacial score (nSPS) is 11.1. The average Bonchev–Trinajstić information content (AvgIpc) is 2.54. The minimum Gasteiger partial charge on any atom is -0.323 e. The first kappa shape index (κ1) is 16.2. The molecule has 1 heterocycles. The smallest absolute Gasteiger partial charge is 0.248 e. The molecule has 0 atom stereocenters. The van der Waals surface area contributed by atoms with Crippen LogP contribution >= 0.6 is 11.8 Å². The zero-order valence-corrected chi connectivity index (χ0v) is 13.7. The summed E-state index contributed by atoms with van der Waals surface area (Å²) >= 11 is 1.48. The Morgan fingerprint density at radius 3 is 2.36 bits per heavy atom. The van der Waals surface area contributed by atoms with Crippen LogP contribution in [0.25, 0.3) is 6.08 Å². The van der Waals surface area contributed by atoms with Crippen molar-refractivity contribution in [1.29, 1.82) is 0 Å². The van der Waals surface area contributed by atoms with Crippen LogP contribution in [0, 0.1) is 0 Å². The Hall–Kier alpha value is -2.14. The number of hydrogen-bond acceptors (Lipinski definition) is 4. The monoisotopic (exact) mass is 313 g/mol. The summed E-state index contributed by atoms with van der Waals surface area (Å²) in [6.45, 7) is 4.28. The third-order valence-electron chi connectivity index (χ3n) is 3.10. The topological polar surface area (TPSA) is 54.9 Å². The van der Waals surface area contributed by atoms with E-state index in [1.807, 2.05) is 30.5 Å². The SMILES string of the molecule is CSc1ncc(C=CC(=O)Nc2ccc(C(C)C)cc2)cn1. The number of carbonyl (C=O) groups is 1. The van der Waals surface area contributed by atoms with E-state index < -0.39 is 0 Å². The van der Waals surface area contributed by atoms with Crippen LogP contribution in [0.15, 0.2) is 47.9 Å². The molecule has 0 fully saturated rings. The number of aromatic nitrogens is 2. The van der Waals surface area contributed by atoms with Crippen LogP contribution in [-0.4, -0.2) is 22.1 Å². The van der Waals surface area contributed by atoms with Crippen molar-refractivity contribution in [3.8, 4) is 0 Å². The van der Waals surface area contributed by atoms with Gasteiger partial charge in [-0.2, -0.15) is 0 Å². The molecule has 5 heteroatoms. The summed E-state index contributed by atoms with van der Waals surface area (Å²) in [7, 11) is 0. The lowest BCUT2D eigenvalue weighted by atomic mass is 10.0. The highest BCUT2D eigenvalue weighted by molar-refractivity contribution is 7.98. The van der Waals surface area contributed by atoms with E-state index >= 15 is 0 Å². The predicted molar refractivity (Wildman–Crippen MR) is 92.0 cm³/mol. The van der Waals surface area contributed by atoms with Gasteiger partial charge in [-0.3, -0.25) is 4.79 Å². The van der Waals surface area contributed by atoms with Crippen molar-refractivity contribution in [3.63, 3.8) is 0 Å². The number of hydrogen-bond donors (Lipinski definition) is 1. The maximum atomic E-state index is 11.9. The number of anilines is 1. The number of thioether (sulfide) groups is 1. The molecule has 0 aliphatic rings. The molecule has 0 saturated heterocycles. The lowest BCUT2D eigenvalue weighted by Crippen LogP contribution is -2.07. The fourth-order valence-electron chi connectivity index (χ4n) is 1.82. The van der Waals surface area contributed by atoms with E-state index in [0.717, 1.165) is 11.3 Å². The first-order valence-corrected chi connectivity index (χ1v) is 8.26. The molecule has 0 saturated carbocycles. The van der Waals surface area contributed by atoms with Crippen molar-refractivity contribution in [1.82, 2.24) is 9.97 Å². The molecule has 1 aromatic heterocycles. The zero-order chi connectivity index (χ0) is 15.9. The van der Waals surface area contributed by atoms with E-state index in [-0.39, 0.29) is 5.91 Å². The molecular formula is C17H19N3OS. The van der Waals surface area contributed by atoms with Gasteiger partial charge < -0.3 is 5.32 Å². The van der Waals surface area contributed by atoms with Gasteiger partial charge in [0.1, 0.15) is 0 Å². The van der Waals surface area contributed by atoms with Gasteiger partial charge in [0.05, 0.1) is 0 Å². The molecule has 0 spiro atoms. The summed E-state index contributed by atoms with van der Waals surface area (Å²) in [6, 6.07) is 7.88. The lowest BCUT2D eigenvalue weighted by molar-refractivity contribution is -0.111. The molecule has 2 aromatic rings. The number of nitrogens with zero attached hydrogens (tertiary/aromatic N) is 2. The summed E-state index contributed by atoms with van der Waals surface area (Å²) in [4.78, 5) is 20.2. The Morgan fingerprint density at radius 1 is 1.18 bits per heavy atom. The molecule has 0 bridgehead atoms. The maximum Gasteiger partial charge on any atom is 0.248 e. The van der Waals surface area contributed by atoms with Crippen LogP contribution in [0.5, 0.6) is 0 Å². The van der Waals surface area contributed by atoms with Gasteiger partial charge in [-0.05, 0) is 35.9 Å². The second-order valence-electron chi connectivity index (χ2n) is 5.10. The van der Waals surface area contributed by atoms with Gasteiger partial charge in [-0.25, -0.2) is 9.97 Å². The molecule has 22 heavy (non-hydrogen) atoms. The fraction of sp³-hybridized carbons (Fsp3) is 0.235. The largest absolute Gasteiger partial charge is 0.323 e. The van der Waals surface area contributed by atoms with E-state index in [2.05, 4.69) is 29.1 Å². The fourth-order valence-corrected chi connectivity index (χ4v) is 2.14. The van der Waals surface area contributed by atoms with Crippen molar-refractivity contribution >= 4 is 29.4 Å². The molecule has 114 valence electrons. The van der Waals surface area contributed by atoms with Crippen LogP contribution in [0.1, 0.15) is 30.9 Å². The zero-order valence-electron chi connectivity index (χ0n) is 12.9. The first-order valence-electron chi connectivity index (χ1n) is 7.03. The Balaban J connectivity index is 1.95. The minimum atomic E-state index is -0.175. The molecule has 0 aliphatic carbocycles. The number of nitrogens with one attached hydrogen (secondary N) is 1. The molecule has 1 amide bonds. The molecule has 0 unspecified atom stereocenters. The van der Waals surface area contributed by atoms with Crippen LogP contribution in [0.2, 0.25) is 0 Å². The van der Waals surface area contributed by atoms with Crippen molar-refractivity contribution < 1.29 is 4.79 Å². The van der Waals surface area contributed by atoms with E-state index in [4.69, 9.17) is 0 Å². The third kappa shape index (κ3) is 4.70. The Kier molecular flexibility index (Phi) is 5.72. The van der Waals surface area contributed by atoms with Crippen LogP contribution < -0.4 is 5.32 Å². The molecule has 0 radical (unpaired) electrons. The highest BCUT2D eigenvalue weighted by Gasteiger charge is 2.01. The van der Waals surface area contributed by atoms with Crippen LogP contribution in [-0.2, 0) is 4.79 Å². The molecule has 0 aliphatic heterocycles. The van der Waals surface area contributed by atoms with Gasteiger partial charge in [0.15, 0.2) is 5.16 Å². The molecule has 1 N–H and O–H groups in total. The molecule has 1 aromatic carbocycles. The van der Waals surface area contributed by atoms with E-state index in [1.165, 1.54) is 23.4 Å². The number of carbonyl (C=O) groups excluding carboxylic acids is 1. The Labute approximate surface area is 135 Å². The minimum absolute atomic E-state index is 0.175. The number of amides is 1. The van der Waals surface area contributed by atoms with Gasteiger partial charge in [-0.1, -0.05) is 37.7 Å².